The van der Waals surface area contributed by atoms with Gasteiger partial charge in [-0.2, -0.15) is 8.42 Å². The SMILES string of the molecule is O=S1(=O)N=CC(c2ccc(Cl)cc2)=N1. The summed E-state index contributed by atoms with van der Waals surface area (Å²) in [5.74, 6) is 0. The summed E-state index contributed by atoms with van der Waals surface area (Å²) in [6.45, 7) is 0. The van der Waals surface area contributed by atoms with Gasteiger partial charge in [0.2, 0.25) is 0 Å². The summed E-state index contributed by atoms with van der Waals surface area (Å²) >= 11 is 5.68. The summed E-state index contributed by atoms with van der Waals surface area (Å²) in [7, 11) is -3.63. The molecule has 0 fully saturated rings. The second-order valence-electron chi connectivity index (χ2n) is 2.67. The molecular weight excluding hydrogens is 224 g/mol. The predicted molar refractivity (Wildman–Crippen MR) is 55.4 cm³/mol. The summed E-state index contributed by atoms with van der Waals surface area (Å²) in [6, 6.07) is 6.71. The van der Waals surface area contributed by atoms with Crippen LogP contribution in [0.5, 0.6) is 0 Å². The molecule has 0 N–H and O–H groups in total. The van der Waals surface area contributed by atoms with Crippen LogP contribution in [0.2, 0.25) is 5.02 Å². The Hall–Kier alpha value is -1.20. The average molecular weight is 229 g/mol. The highest BCUT2D eigenvalue weighted by Crippen LogP contribution is 2.13. The van der Waals surface area contributed by atoms with Crippen molar-refractivity contribution < 1.29 is 8.42 Å². The lowest BCUT2D eigenvalue weighted by molar-refractivity contribution is 0.601. The third-order valence-electron chi connectivity index (χ3n) is 1.66. The maximum absolute atomic E-state index is 10.9. The molecule has 0 radical (unpaired) electrons. The topological polar surface area (TPSA) is 58.9 Å². The molecule has 0 aliphatic carbocycles. The van der Waals surface area contributed by atoms with Gasteiger partial charge in [-0.3, -0.25) is 0 Å². The van der Waals surface area contributed by atoms with E-state index >= 15 is 0 Å². The molecule has 0 atom stereocenters. The van der Waals surface area contributed by atoms with Crippen LogP contribution < -0.4 is 0 Å². The number of benzene rings is 1. The number of nitrogens with zero attached hydrogens (tertiary/aromatic N) is 2. The van der Waals surface area contributed by atoms with E-state index in [1.807, 2.05) is 0 Å². The van der Waals surface area contributed by atoms with Gasteiger partial charge in [0.1, 0.15) is 5.71 Å². The van der Waals surface area contributed by atoms with Gasteiger partial charge in [-0.25, -0.2) is 0 Å². The van der Waals surface area contributed by atoms with E-state index in [1.165, 1.54) is 6.21 Å². The smallest absolute Gasteiger partial charge is 0.179 e. The molecule has 1 aromatic carbocycles. The lowest BCUT2D eigenvalue weighted by Gasteiger charge is -1.95. The van der Waals surface area contributed by atoms with Gasteiger partial charge in [-0.1, -0.05) is 23.7 Å². The molecular formula is C8H5ClN2O2S. The molecule has 0 saturated heterocycles. The Morgan fingerprint density at radius 3 is 2.29 bits per heavy atom. The Labute approximate surface area is 86.1 Å². The number of rotatable bonds is 1. The van der Waals surface area contributed by atoms with Crippen LogP contribution in [0.4, 0.5) is 0 Å². The van der Waals surface area contributed by atoms with Gasteiger partial charge < -0.3 is 0 Å². The fourth-order valence-corrected chi connectivity index (χ4v) is 1.84. The molecule has 1 aromatic rings. The molecule has 4 nitrogen and oxygen atoms in total. The monoisotopic (exact) mass is 228 g/mol. The molecule has 0 spiro atoms. The molecule has 0 saturated carbocycles. The minimum atomic E-state index is -3.63. The molecule has 0 amide bonds. The fraction of sp³-hybridized carbons (Fsp3) is 0. The third-order valence-corrected chi connectivity index (χ3v) is 2.71. The van der Waals surface area contributed by atoms with Crippen molar-refractivity contribution in [1.29, 1.82) is 0 Å². The van der Waals surface area contributed by atoms with Crippen molar-refractivity contribution >= 4 is 33.7 Å². The highest BCUT2D eigenvalue weighted by Gasteiger charge is 2.15. The van der Waals surface area contributed by atoms with Gasteiger partial charge in [0.15, 0.2) is 0 Å². The van der Waals surface area contributed by atoms with Gasteiger partial charge >= 0.3 is 10.2 Å². The van der Waals surface area contributed by atoms with Crippen LogP contribution >= 0.6 is 11.6 Å². The van der Waals surface area contributed by atoms with Crippen LogP contribution in [0.15, 0.2) is 33.1 Å². The predicted octanol–water partition coefficient (Wildman–Crippen LogP) is 1.46. The first-order chi connectivity index (χ1) is 6.57. The molecule has 2 rings (SSSR count). The van der Waals surface area contributed by atoms with E-state index in [2.05, 4.69) is 8.80 Å². The van der Waals surface area contributed by atoms with E-state index in [0.29, 0.717) is 16.3 Å². The lowest BCUT2D eigenvalue weighted by Crippen LogP contribution is -1.98. The molecule has 1 aliphatic rings. The first-order valence-corrected chi connectivity index (χ1v) is 5.50. The van der Waals surface area contributed by atoms with E-state index in [0.717, 1.165) is 0 Å². The minimum Gasteiger partial charge on any atom is -0.179 e. The van der Waals surface area contributed by atoms with Gasteiger partial charge in [-0.05, 0) is 12.1 Å². The van der Waals surface area contributed by atoms with Crippen molar-refractivity contribution in [3.63, 3.8) is 0 Å². The Balaban J connectivity index is 2.44. The Morgan fingerprint density at radius 2 is 1.79 bits per heavy atom. The zero-order valence-electron chi connectivity index (χ0n) is 6.88. The van der Waals surface area contributed by atoms with Gasteiger partial charge in [-0.15, -0.1) is 8.80 Å². The number of hydrogen-bond donors (Lipinski definition) is 0. The van der Waals surface area contributed by atoms with Crippen molar-refractivity contribution in [3.05, 3.63) is 34.9 Å². The summed E-state index contributed by atoms with van der Waals surface area (Å²) in [5.41, 5.74) is 1.01. The van der Waals surface area contributed by atoms with E-state index in [9.17, 15) is 8.42 Å². The van der Waals surface area contributed by atoms with Crippen molar-refractivity contribution in [2.24, 2.45) is 8.80 Å². The quantitative estimate of drug-likeness (QED) is 0.731. The summed E-state index contributed by atoms with van der Waals surface area (Å²) in [6.07, 6.45) is 1.22. The van der Waals surface area contributed by atoms with Gasteiger partial charge in [0, 0.05) is 10.6 Å². The van der Waals surface area contributed by atoms with E-state index in [1.54, 1.807) is 24.3 Å². The number of halogens is 1. The van der Waals surface area contributed by atoms with E-state index < -0.39 is 10.2 Å². The zero-order chi connectivity index (χ0) is 10.2. The van der Waals surface area contributed by atoms with E-state index in [4.69, 9.17) is 11.6 Å². The average Bonchev–Trinajstić information content (AvgIpc) is 2.47. The van der Waals surface area contributed by atoms with Crippen LogP contribution in [0.3, 0.4) is 0 Å². The Bertz CT molecular complexity index is 517. The molecule has 0 bridgehead atoms. The van der Waals surface area contributed by atoms with Crippen LogP contribution in [-0.4, -0.2) is 20.3 Å². The fourth-order valence-electron chi connectivity index (χ4n) is 1.04. The van der Waals surface area contributed by atoms with Gasteiger partial charge in [0.05, 0.1) is 6.21 Å². The molecule has 14 heavy (non-hydrogen) atoms. The molecule has 72 valence electrons. The normalized spacial score (nSPS) is 18.2. The van der Waals surface area contributed by atoms with Crippen molar-refractivity contribution in [2.45, 2.75) is 0 Å². The molecule has 0 aromatic heterocycles. The molecule has 0 unspecified atom stereocenters. The lowest BCUT2D eigenvalue weighted by atomic mass is 10.1. The zero-order valence-corrected chi connectivity index (χ0v) is 8.46. The summed E-state index contributed by atoms with van der Waals surface area (Å²) < 4.78 is 28.4. The molecule has 1 heterocycles. The van der Waals surface area contributed by atoms with Crippen molar-refractivity contribution in [2.75, 3.05) is 0 Å². The molecule has 1 aliphatic heterocycles. The summed E-state index contributed by atoms with van der Waals surface area (Å²) in [4.78, 5) is 0. The van der Waals surface area contributed by atoms with Crippen LogP contribution in [0.1, 0.15) is 5.56 Å². The standard InChI is InChI=1S/C8H5ClN2O2S/c9-7-3-1-6(2-4-7)8-5-10-14(12,13)11-8/h1-5H. The minimum absolute atomic E-state index is 0.335. The largest absolute Gasteiger partial charge is 0.363 e. The van der Waals surface area contributed by atoms with E-state index in [-0.39, 0.29) is 0 Å². The Kier molecular flexibility index (Phi) is 2.13. The highest BCUT2D eigenvalue weighted by atomic mass is 35.5. The maximum atomic E-state index is 10.9. The third kappa shape index (κ3) is 1.83. The molecule has 6 heteroatoms. The van der Waals surface area contributed by atoms with Crippen molar-refractivity contribution in [1.82, 2.24) is 0 Å². The van der Waals surface area contributed by atoms with Gasteiger partial charge in [0.25, 0.3) is 0 Å². The first kappa shape index (κ1) is 9.36. The van der Waals surface area contributed by atoms with Crippen molar-refractivity contribution in [3.8, 4) is 0 Å². The Morgan fingerprint density at radius 1 is 1.14 bits per heavy atom. The van der Waals surface area contributed by atoms with Crippen LogP contribution in [0.25, 0.3) is 0 Å². The van der Waals surface area contributed by atoms with Crippen LogP contribution in [-0.2, 0) is 10.2 Å². The first-order valence-electron chi connectivity index (χ1n) is 3.73. The second-order valence-corrected chi connectivity index (χ2v) is 4.39. The maximum Gasteiger partial charge on any atom is 0.363 e. The van der Waals surface area contributed by atoms with Crippen LogP contribution in [0, 0.1) is 0 Å². The summed E-state index contributed by atoms with van der Waals surface area (Å²) in [5, 5.41) is 0.590. The number of hydrogen-bond acceptors (Lipinski definition) is 2. The highest BCUT2D eigenvalue weighted by molar-refractivity contribution is 7.89. The second kappa shape index (κ2) is 3.18.